The molecule has 0 aliphatic rings. The Kier molecular flexibility index (Phi) is 1.74. The first-order valence-electron chi connectivity index (χ1n) is 0.342. The Morgan fingerprint density at radius 3 is 1.00 bits per heavy atom. The van der Waals surface area contributed by atoms with E-state index in [9.17, 15) is 10.7 Å². The average molecular weight is 121 g/mol. The fraction of sp³-hybridized carbons (Fsp3) is 0. The van der Waals surface area contributed by atoms with Crippen molar-refractivity contribution in [3.05, 3.63) is 0 Å². The maximum absolute atomic E-state index is 9.69. The first-order valence-corrected chi connectivity index (χ1v) is 1.41. The van der Waals surface area contributed by atoms with Gasteiger partial charge in [0.05, 0.1) is 0 Å². The maximum atomic E-state index is 9.69. The average Bonchev–Trinajstić information content (AvgIpc) is 0.811. The minimum absolute atomic E-state index is 3.81. The van der Waals surface area contributed by atoms with Gasteiger partial charge in [-0.2, -0.15) is 0 Å². The van der Waals surface area contributed by atoms with Crippen LogP contribution in [0.4, 0.5) is 10.7 Å². The topological polar surface area (TPSA) is 0 Å². The summed E-state index contributed by atoms with van der Waals surface area (Å²) in [7, 11) is 0. The molecule has 4 heavy (non-hydrogen) atoms. The molecule has 0 fully saturated rings. The van der Waals surface area contributed by atoms with Gasteiger partial charge in [0, 0.05) is 0 Å². The zero-order valence-corrected chi connectivity index (χ0v) is 2.38. The van der Waals surface area contributed by atoms with E-state index in [1.54, 1.807) is 0 Å². The number of hydrogen-bond acceptors (Lipinski definition) is 0. The molecule has 0 aromatic carbocycles. The summed E-state index contributed by atoms with van der Waals surface area (Å²) < 4.78 is 29.1. The van der Waals surface area contributed by atoms with Crippen LogP contribution in [0.25, 0.3) is 0 Å². The Morgan fingerprint density at radius 1 is 1.00 bits per heavy atom. The van der Waals surface area contributed by atoms with E-state index in [-0.39, 0.29) is 0 Å². The molecule has 0 saturated heterocycles. The van der Waals surface area contributed by atoms with E-state index in [2.05, 4.69) is 0 Å². The second kappa shape index (κ2) is 1.61. The van der Waals surface area contributed by atoms with Crippen LogP contribution in [-0.2, 0) is 15.3 Å². The molecular formula is CuF3-. The Hall–Kier alpha value is 0.309. The van der Waals surface area contributed by atoms with Gasteiger partial charge in [0.2, 0.25) is 0 Å². The summed E-state index contributed by atoms with van der Waals surface area (Å²) in [6, 6.07) is 0. The van der Waals surface area contributed by atoms with Gasteiger partial charge in [0.15, 0.2) is 0 Å². The third-order valence-electron chi connectivity index (χ3n) is 0. The van der Waals surface area contributed by atoms with Crippen molar-refractivity contribution in [2.45, 2.75) is 0 Å². The quantitative estimate of drug-likeness (QED) is 0.422. The summed E-state index contributed by atoms with van der Waals surface area (Å²) >= 11 is -3.81. The van der Waals surface area contributed by atoms with Crippen LogP contribution in [0.3, 0.4) is 0 Å². The standard InChI is InChI=1S/Cu.3FH/h;3*1H/q+2;;;/p-3. The van der Waals surface area contributed by atoms with Crippen LogP contribution in [0.1, 0.15) is 0 Å². The predicted molar refractivity (Wildman–Crippen MR) is 3.32 cm³/mol. The molecule has 4 heteroatoms. The second-order valence-electron chi connectivity index (χ2n) is 0.129. The van der Waals surface area contributed by atoms with Crippen LogP contribution in [0, 0.1) is 0 Å². The third-order valence-corrected chi connectivity index (χ3v) is 0. The van der Waals surface area contributed by atoms with Gasteiger partial charge >= 0.3 is 25.9 Å². The molecule has 0 aliphatic carbocycles. The molecule has 0 nitrogen and oxygen atoms in total. The van der Waals surface area contributed by atoms with Crippen molar-refractivity contribution >= 4 is 0 Å². The van der Waals surface area contributed by atoms with Crippen molar-refractivity contribution in [1.29, 1.82) is 0 Å². The zero-order valence-electron chi connectivity index (χ0n) is 1.44. The fourth-order valence-electron chi connectivity index (χ4n) is 0. The van der Waals surface area contributed by atoms with Crippen molar-refractivity contribution in [1.82, 2.24) is 0 Å². The van der Waals surface area contributed by atoms with Gasteiger partial charge in [0.1, 0.15) is 0 Å². The van der Waals surface area contributed by atoms with Crippen LogP contribution < -0.4 is 0 Å². The van der Waals surface area contributed by atoms with Crippen molar-refractivity contribution in [2.24, 2.45) is 0 Å². The van der Waals surface area contributed by atoms with Crippen molar-refractivity contribution in [3.8, 4) is 0 Å². The molecule has 33 valence electrons. The normalized spacial score (nSPS) is 11.2. The molecule has 0 atom stereocenters. The van der Waals surface area contributed by atoms with Gasteiger partial charge in [-0.25, -0.2) is 0 Å². The molecule has 0 bridgehead atoms. The van der Waals surface area contributed by atoms with Crippen LogP contribution >= 0.6 is 0 Å². The van der Waals surface area contributed by atoms with E-state index in [1.807, 2.05) is 0 Å². The summed E-state index contributed by atoms with van der Waals surface area (Å²) in [6.07, 6.45) is 0. The minimum atomic E-state index is -3.81. The van der Waals surface area contributed by atoms with Gasteiger partial charge in [-0.15, -0.1) is 0 Å². The van der Waals surface area contributed by atoms with Gasteiger partial charge < -0.3 is 0 Å². The predicted octanol–water partition coefficient (Wildman–Crippen LogP) is 1.26. The Balaban J connectivity index is 2.32. The number of halogens is 3. The summed E-state index contributed by atoms with van der Waals surface area (Å²) in [5, 5.41) is 0. The SMILES string of the molecule is [F][Cu-]([F])[F]. The third kappa shape index (κ3) is 41.3. The molecule has 0 aliphatic heterocycles. The summed E-state index contributed by atoms with van der Waals surface area (Å²) in [5.74, 6) is 0. The van der Waals surface area contributed by atoms with E-state index in [0.717, 1.165) is 0 Å². The zero-order chi connectivity index (χ0) is 3.58. The molecule has 0 aromatic heterocycles. The van der Waals surface area contributed by atoms with Crippen molar-refractivity contribution in [3.63, 3.8) is 0 Å². The molecule has 0 spiro atoms. The summed E-state index contributed by atoms with van der Waals surface area (Å²) in [6.45, 7) is 0. The molecule has 0 aromatic rings. The van der Waals surface area contributed by atoms with E-state index < -0.39 is 15.3 Å². The Morgan fingerprint density at radius 2 is 1.00 bits per heavy atom. The molecule has 0 N–H and O–H groups in total. The Labute approximate surface area is 26.9 Å². The molecule has 0 radical (unpaired) electrons. The molecule has 0 amide bonds. The van der Waals surface area contributed by atoms with Gasteiger partial charge in [-0.05, 0) is 0 Å². The molecule has 0 heterocycles. The first-order chi connectivity index (χ1) is 1.73. The first kappa shape index (κ1) is 4.31. The van der Waals surface area contributed by atoms with Crippen molar-refractivity contribution < 1.29 is 25.9 Å². The van der Waals surface area contributed by atoms with Crippen molar-refractivity contribution in [2.75, 3.05) is 0 Å². The molecule has 0 saturated carbocycles. The van der Waals surface area contributed by atoms with E-state index >= 15 is 0 Å². The van der Waals surface area contributed by atoms with Crippen LogP contribution in [-0.4, -0.2) is 0 Å². The van der Waals surface area contributed by atoms with Crippen LogP contribution in [0.15, 0.2) is 0 Å². The van der Waals surface area contributed by atoms with Gasteiger partial charge in [-0.1, -0.05) is 0 Å². The monoisotopic (exact) mass is 120 g/mol. The summed E-state index contributed by atoms with van der Waals surface area (Å²) in [4.78, 5) is 0. The molecule has 0 rings (SSSR count). The number of hydrogen-bond donors (Lipinski definition) is 0. The van der Waals surface area contributed by atoms with E-state index in [4.69, 9.17) is 0 Å². The van der Waals surface area contributed by atoms with Gasteiger partial charge in [-0.3, -0.25) is 0 Å². The fourth-order valence-corrected chi connectivity index (χ4v) is 0. The van der Waals surface area contributed by atoms with Gasteiger partial charge in [0.25, 0.3) is 0 Å². The van der Waals surface area contributed by atoms with Crippen LogP contribution in [0.5, 0.6) is 0 Å². The molecular weight excluding hydrogens is 121 g/mol. The van der Waals surface area contributed by atoms with E-state index in [1.165, 1.54) is 0 Å². The van der Waals surface area contributed by atoms with E-state index in [0.29, 0.717) is 0 Å². The van der Waals surface area contributed by atoms with Crippen LogP contribution in [0.2, 0.25) is 0 Å². The number of rotatable bonds is 0. The summed E-state index contributed by atoms with van der Waals surface area (Å²) in [5.41, 5.74) is 0. The molecule has 0 unspecified atom stereocenters. The second-order valence-corrected chi connectivity index (χ2v) is 0.533. The Bertz CT molecular complexity index is 8.00.